The highest BCUT2D eigenvalue weighted by molar-refractivity contribution is 5.45. The Morgan fingerprint density at radius 1 is 1.12 bits per heavy atom. The molecule has 1 heterocycles. The van der Waals surface area contributed by atoms with E-state index < -0.39 is 0 Å². The van der Waals surface area contributed by atoms with Crippen molar-refractivity contribution in [2.24, 2.45) is 0 Å². The Balaban J connectivity index is 0.00000128. The molecule has 0 saturated carbocycles. The maximum absolute atomic E-state index is 2.52. The average Bonchev–Trinajstić information content (AvgIpc) is 2.55. The molecule has 1 saturated heterocycles. The van der Waals surface area contributed by atoms with Gasteiger partial charge < -0.3 is 22.2 Å². The normalized spacial score (nSPS) is 21.1. The van der Waals surface area contributed by atoms with Crippen LogP contribution in [0.4, 0.5) is 5.69 Å². The Hall–Kier alpha value is -0.730. The highest BCUT2D eigenvalue weighted by atomic mass is 35.5. The van der Waals surface area contributed by atoms with Crippen molar-refractivity contribution in [3.05, 3.63) is 30.3 Å². The molecule has 1 unspecified atom stereocenters. The number of rotatable bonds is 2. The molecular formula is C13H21ClN2. The highest BCUT2D eigenvalue weighted by Gasteiger charge is 2.15. The molecule has 16 heavy (non-hydrogen) atoms. The first-order valence-corrected chi connectivity index (χ1v) is 6.03. The van der Waals surface area contributed by atoms with Crippen molar-refractivity contribution >= 4 is 5.69 Å². The average molecular weight is 241 g/mol. The maximum atomic E-state index is 2.52. The molecule has 0 spiro atoms. The van der Waals surface area contributed by atoms with E-state index in [-0.39, 0.29) is 12.4 Å². The molecule has 0 bridgehead atoms. The standard InChI is InChI=1S/C13H20N2.ClH/c1-2-14-9-6-10-15(12-11-14)13-7-4-3-5-8-13;/h3-5,7-8H,2,6,9-12H2,1H3;1H. The molecule has 3 heteroatoms. The summed E-state index contributed by atoms with van der Waals surface area (Å²) in [5.41, 5.74) is 1.38. The fourth-order valence-electron chi connectivity index (χ4n) is 2.30. The van der Waals surface area contributed by atoms with Gasteiger partial charge in [0.15, 0.2) is 0 Å². The van der Waals surface area contributed by atoms with Crippen LogP contribution in [-0.4, -0.2) is 32.7 Å². The molecule has 90 valence electrons. The number of anilines is 1. The molecule has 2 rings (SSSR count). The molecular weight excluding hydrogens is 220 g/mol. The summed E-state index contributed by atoms with van der Waals surface area (Å²) >= 11 is 0. The van der Waals surface area contributed by atoms with Gasteiger partial charge in [0.05, 0.1) is 26.2 Å². The number of para-hydroxylation sites is 1. The number of benzene rings is 1. The van der Waals surface area contributed by atoms with E-state index >= 15 is 0 Å². The van der Waals surface area contributed by atoms with Gasteiger partial charge in [-0.2, -0.15) is 0 Å². The maximum Gasteiger partial charge on any atom is 0.0948 e. The van der Waals surface area contributed by atoms with Crippen molar-refractivity contribution in [3.8, 4) is 0 Å². The summed E-state index contributed by atoms with van der Waals surface area (Å²) in [6.07, 6.45) is 1.32. The zero-order chi connectivity index (χ0) is 10.5. The van der Waals surface area contributed by atoms with E-state index in [4.69, 9.17) is 0 Å². The first-order chi connectivity index (χ1) is 7.40. The quantitative estimate of drug-likeness (QED) is 0.617. The van der Waals surface area contributed by atoms with Crippen LogP contribution in [0, 0.1) is 0 Å². The Morgan fingerprint density at radius 2 is 1.88 bits per heavy atom. The lowest BCUT2D eigenvalue weighted by Gasteiger charge is -2.21. The van der Waals surface area contributed by atoms with E-state index in [0.717, 1.165) is 0 Å². The van der Waals surface area contributed by atoms with Gasteiger partial charge in [0.2, 0.25) is 0 Å². The Kier molecular flexibility index (Phi) is 5.64. The molecule has 0 radical (unpaired) electrons. The van der Waals surface area contributed by atoms with E-state index in [1.54, 1.807) is 4.90 Å². The summed E-state index contributed by atoms with van der Waals surface area (Å²) in [4.78, 5) is 4.26. The summed E-state index contributed by atoms with van der Waals surface area (Å²) in [6.45, 7) is 8.59. The Morgan fingerprint density at radius 3 is 2.56 bits per heavy atom. The molecule has 1 atom stereocenters. The fraction of sp³-hybridized carbons (Fsp3) is 0.538. The van der Waals surface area contributed by atoms with Crippen LogP contribution in [0.5, 0.6) is 0 Å². The fourth-order valence-corrected chi connectivity index (χ4v) is 2.30. The molecule has 0 amide bonds. The van der Waals surface area contributed by atoms with Crippen molar-refractivity contribution in [3.63, 3.8) is 0 Å². The number of hydrogen-bond acceptors (Lipinski definition) is 1. The first kappa shape index (κ1) is 13.3. The SMILES string of the molecule is CC[NH+]1CCCN(c2ccccc2)CC1.[Cl-]. The highest BCUT2D eigenvalue weighted by Crippen LogP contribution is 2.13. The van der Waals surface area contributed by atoms with Gasteiger partial charge in [-0.05, 0) is 19.1 Å². The molecule has 1 fully saturated rings. The van der Waals surface area contributed by atoms with Gasteiger partial charge in [-0.1, -0.05) is 18.2 Å². The van der Waals surface area contributed by atoms with Crippen molar-refractivity contribution in [2.75, 3.05) is 37.6 Å². The molecule has 1 aliphatic rings. The first-order valence-electron chi connectivity index (χ1n) is 6.03. The van der Waals surface area contributed by atoms with Gasteiger partial charge in [-0.25, -0.2) is 0 Å². The van der Waals surface area contributed by atoms with Crippen LogP contribution in [0.1, 0.15) is 13.3 Å². The van der Waals surface area contributed by atoms with Crippen LogP contribution in [-0.2, 0) is 0 Å². The molecule has 1 aromatic carbocycles. The number of nitrogens with zero attached hydrogens (tertiary/aromatic N) is 1. The Labute approximate surface area is 105 Å². The van der Waals surface area contributed by atoms with E-state index in [1.165, 1.54) is 44.8 Å². The number of likely N-dealkylation sites (N-methyl/N-ethyl adjacent to an activating group) is 1. The number of halogens is 1. The van der Waals surface area contributed by atoms with Crippen molar-refractivity contribution in [1.29, 1.82) is 0 Å². The van der Waals surface area contributed by atoms with Gasteiger partial charge >= 0.3 is 0 Å². The second-order valence-electron chi connectivity index (χ2n) is 4.28. The molecule has 1 aromatic rings. The zero-order valence-electron chi connectivity index (χ0n) is 9.95. The van der Waals surface area contributed by atoms with Crippen molar-refractivity contribution < 1.29 is 17.3 Å². The second kappa shape index (κ2) is 6.77. The van der Waals surface area contributed by atoms with Crippen LogP contribution in [0.25, 0.3) is 0 Å². The van der Waals surface area contributed by atoms with Crippen LogP contribution in [0.3, 0.4) is 0 Å². The predicted octanol–water partition coefficient (Wildman–Crippen LogP) is -2.19. The minimum absolute atomic E-state index is 0. The summed E-state index contributed by atoms with van der Waals surface area (Å²) in [5, 5.41) is 0. The zero-order valence-corrected chi connectivity index (χ0v) is 10.7. The third kappa shape index (κ3) is 3.39. The van der Waals surface area contributed by atoms with E-state index in [9.17, 15) is 0 Å². The summed E-state index contributed by atoms with van der Waals surface area (Å²) in [5.74, 6) is 0. The van der Waals surface area contributed by atoms with E-state index in [0.29, 0.717) is 0 Å². The minimum Gasteiger partial charge on any atom is -1.00 e. The lowest BCUT2D eigenvalue weighted by molar-refractivity contribution is -0.895. The van der Waals surface area contributed by atoms with Crippen LogP contribution in [0.15, 0.2) is 30.3 Å². The topological polar surface area (TPSA) is 7.68 Å². The molecule has 0 aliphatic carbocycles. The second-order valence-corrected chi connectivity index (χ2v) is 4.28. The van der Waals surface area contributed by atoms with Crippen molar-refractivity contribution in [2.45, 2.75) is 13.3 Å². The smallest absolute Gasteiger partial charge is 0.0948 e. The lowest BCUT2D eigenvalue weighted by Crippen LogP contribution is -3.12. The minimum atomic E-state index is 0. The lowest BCUT2D eigenvalue weighted by atomic mass is 10.3. The Bertz CT molecular complexity index is 289. The van der Waals surface area contributed by atoms with Crippen LogP contribution in [0.2, 0.25) is 0 Å². The van der Waals surface area contributed by atoms with E-state index in [1.807, 2.05) is 0 Å². The number of nitrogens with one attached hydrogen (secondary N) is 1. The summed E-state index contributed by atoms with van der Waals surface area (Å²) in [7, 11) is 0. The van der Waals surface area contributed by atoms with Crippen molar-refractivity contribution in [1.82, 2.24) is 0 Å². The molecule has 1 N–H and O–H groups in total. The van der Waals surface area contributed by atoms with Gasteiger partial charge in [-0.3, -0.25) is 0 Å². The van der Waals surface area contributed by atoms with Gasteiger partial charge in [0, 0.05) is 18.7 Å². The van der Waals surface area contributed by atoms with Gasteiger partial charge in [0.25, 0.3) is 0 Å². The number of quaternary nitrogens is 1. The number of hydrogen-bond donors (Lipinski definition) is 1. The van der Waals surface area contributed by atoms with Crippen LogP contribution < -0.4 is 22.2 Å². The summed E-state index contributed by atoms with van der Waals surface area (Å²) in [6, 6.07) is 10.8. The monoisotopic (exact) mass is 240 g/mol. The molecule has 2 nitrogen and oxygen atoms in total. The van der Waals surface area contributed by atoms with E-state index in [2.05, 4.69) is 42.2 Å². The van der Waals surface area contributed by atoms with Gasteiger partial charge in [0.1, 0.15) is 0 Å². The third-order valence-electron chi connectivity index (χ3n) is 3.31. The molecule has 1 aliphatic heterocycles. The third-order valence-corrected chi connectivity index (χ3v) is 3.31. The molecule has 0 aromatic heterocycles. The van der Waals surface area contributed by atoms with Gasteiger partial charge in [-0.15, -0.1) is 0 Å². The predicted molar refractivity (Wildman–Crippen MR) is 64.5 cm³/mol. The largest absolute Gasteiger partial charge is 1.00 e. The summed E-state index contributed by atoms with van der Waals surface area (Å²) < 4.78 is 0. The van der Waals surface area contributed by atoms with Crippen LogP contribution >= 0.6 is 0 Å².